The summed E-state index contributed by atoms with van der Waals surface area (Å²) in [5.74, 6) is 1.31. The molecule has 0 unspecified atom stereocenters. The molecule has 2 aliphatic rings. The molecule has 0 spiro atoms. The lowest BCUT2D eigenvalue weighted by atomic mass is 9.87. The van der Waals surface area contributed by atoms with E-state index in [9.17, 15) is 14.4 Å². The third kappa shape index (κ3) is 10.2. The second kappa shape index (κ2) is 18.5. The number of benzene rings is 4. The molecule has 2 aliphatic heterocycles. The topological polar surface area (TPSA) is 79.0 Å². The summed E-state index contributed by atoms with van der Waals surface area (Å²) in [6.07, 6.45) is 9.01. The van der Waals surface area contributed by atoms with Gasteiger partial charge in [-0.15, -0.1) is 0 Å². The lowest BCUT2D eigenvalue weighted by Gasteiger charge is -2.32. The summed E-state index contributed by atoms with van der Waals surface area (Å²) in [7, 11) is 1.36. The number of likely N-dealkylation sites (tertiary alicyclic amines) is 1. The van der Waals surface area contributed by atoms with Gasteiger partial charge in [0, 0.05) is 36.2 Å². The fourth-order valence-electron chi connectivity index (χ4n) is 7.61. The molecular formula is C44H50BrN3O4. The van der Waals surface area contributed by atoms with E-state index in [1.54, 1.807) is 12.1 Å². The van der Waals surface area contributed by atoms with E-state index in [1.807, 2.05) is 82.6 Å². The van der Waals surface area contributed by atoms with Crippen LogP contribution in [0.1, 0.15) is 82.4 Å². The largest absolute Gasteiger partial charge is 0.465 e. The van der Waals surface area contributed by atoms with Gasteiger partial charge in [0.15, 0.2) is 0 Å². The van der Waals surface area contributed by atoms with Crippen LogP contribution in [0.25, 0.3) is 11.1 Å². The molecule has 272 valence electrons. The van der Waals surface area contributed by atoms with Crippen molar-refractivity contribution in [1.82, 2.24) is 15.1 Å². The zero-order valence-corrected chi connectivity index (χ0v) is 31.8. The summed E-state index contributed by atoms with van der Waals surface area (Å²) in [4.78, 5) is 43.4. The lowest BCUT2D eigenvalue weighted by Crippen LogP contribution is -2.38. The monoisotopic (exact) mass is 763 g/mol. The number of methoxy groups -OCH3 is 1. The molecule has 0 saturated carbocycles. The van der Waals surface area contributed by atoms with Crippen molar-refractivity contribution in [2.45, 2.75) is 64.5 Å². The maximum absolute atomic E-state index is 13.8. The Morgan fingerprint density at radius 2 is 1.40 bits per heavy atom. The maximum atomic E-state index is 13.8. The van der Waals surface area contributed by atoms with E-state index in [2.05, 4.69) is 33.4 Å². The molecule has 4 aromatic carbocycles. The normalized spacial score (nSPS) is 15.3. The first-order valence-electron chi connectivity index (χ1n) is 18.7. The second-order valence-electron chi connectivity index (χ2n) is 14.3. The third-order valence-electron chi connectivity index (χ3n) is 10.7. The molecule has 2 amide bonds. The molecule has 8 heteroatoms. The molecule has 7 nitrogen and oxygen atoms in total. The number of rotatable bonds is 13. The van der Waals surface area contributed by atoms with Crippen molar-refractivity contribution in [2.75, 3.05) is 33.3 Å². The molecule has 4 aromatic rings. The highest BCUT2D eigenvalue weighted by Crippen LogP contribution is 2.28. The number of hydrogen-bond acceptors (Lipinski definition) is 5. The van der Waals surface area contributed by atoms with Crippen LogP contribution < -0.4 is 5.32 Å². The van der Waals surface area contributed by atoms with Gasteiger partial charge in [-0.1, -0.05) is 95.9 Å². The summed E-state index contributed by atoms with van der Waals surface area (Å²) in [6, 6.07) is 31.1. The minimum absolute atomic E-state index is 0.00696. The van der Waals surface area contributed by atoms with Crippen LogP contribution >= 0.6 is 15.9 Å². The van der Waals surface area contributed by atoms with Crippen LogP contribution in [-0.2, 0) is 29.0 Å². The van der Waals surface area contributed by atoms with Crippen molar-refractivity contribution < 1.29 is 19.1 Å². The fourth-order valence-corrected chi connectivity index (χ4v) is 8.03. The Hall–Kier alpha value is -4.27. The van der Waals surface area contributed by atoms with E-state index in [0.29, 0.717) is 24.2 Å². The third-order valence-corrected chi connectivity index (χ3v) is 11.5. The molecule has 0 aliphatic carbocycles. The number of ether oxygens (including phenoxy) is 1. The van der Waals surface area contributed by atoms with Crippen molar-refractivity contribution in [3.63, 3.8) is 0 Å². The van der Waals surface area contributed by atoms with E-state index in [4.69, 9.17) is 4.74 Å². The average Bonchev–Trinajstić information content (AvgIpc) is 3.19. The fraction of sp³-hybridized carbons (Fsp3) is 0.386. The van der Waals surface area contributed by atoms with Gasteiger partial charge in [0.2, 0.25) is 5.91 Å². The zero-order valence-electron chi connectivity index (χ0n) is 30.2. The standard InChI is InChI=1S/C44H50BrN3O4/c1-52-44(51)36-17-15-34(16-18-36)30-48(42(49)29-39-10-2-3-14-41(39)45)31-35-9-5-11-37(27-35)38-12-6-13-40(28-38)43(50)47-25-21-33(22-26-47)8-4-7-32-19-23-46-24-20-32/h2-3,5-6,9-18,27-28,32-33,46H,4,7-8,19-26,29-31H2,1H3. The smallest absolute Gasteiger partial charge is 0.337 e. The van der Waals surface area contributed by atoms with Gasteiger partial charge in [-0.25, -0.2) is 4.79 Å². The molecule has 1 N–H and O–H groups in total. The number of esters is 1. The first-order chi connectivity index (χ1) is 25.4. The Bertz CT molecular complexity index is 1810. The van der Waals surface area contributed by atoms with E-state index < -0.39 is 5.97 Å². The van der Waals surface area contributed by atoms with Crippen molar-refractivity contribution in [3.05, 3.63) is 129 Å². The van der Waals surface area contributed by atoms with Gasteiger partial charge in [-0.3, -0.25) is 9.59 Å². The van der Waals surface area contributed by atoms with E-state index in [0.717, 1.165) is 70.1 Å². The second-order valence-corrected chi connectivity index (χ2v) is 15.2. The van der Waals surface area contributed by atoms with Gasteiger partial charge in [0.1, 0.15) is 0 Å². The van der Waals surface area contributed by atoms with Gasteiger partial charge in [-0.05, 0) is 115 Å². The summed E-state index contributed by atoms with van der Waals surface area (Å²) in [5, 5.41) is 3.47. The van der Waals surface area contributed by atoms with Crippen molar-refractivity contribution in [1.29, 1.82) is 0 Å². The van der Waals surface area contributed by atoms with Crippen LogP contribution in [0.3, 0.4) is 0 Å². The molecule has 0 aromatic heterocycles. The van der Waals surface area contributed by atoms with Crippen molar-refractivity contribution >= 4 is 33.7 Å². The summed E-state index contributed by atoms with van der Waals surface area (Å²) < 4.78 is 5.75. The molecule has 2 fully saturated rings. The molecular weight excluding hydrogens is 714 g/mol. The Labute approximate surface area is 316 Å². The SMILES string of the molecule is COC(=O)c1ccc(CN(Cc2cccc(-c3cccc(C(=O)N4CCC(CCCC5CCNCC5)CC4)c3)c2)C(=O)Cc2ccccc2Br)cc1. The van der Waals surface area contributed by atoms with E-state index in [1.165, 1.54) is 52.3 Å². The van der Waals surface area contributed by atoms with E-state index >= 15 is 0 Å². The highest BCUT2D eigenvalue weighted by Gasteiger charge is 2.24. The Balaban J connectivity index is 1.11. The summed E-state index contributed by atoms with van der Waals surface area (Å²) >= 11 is 3.59. The number of hydrogen-bond donors (Lipinski definition) is 1. The minimum atomic E-state index is -0.394. The van der Waals surface area contributed by atoms with Gasteiger partial charge in [-0.2, -0.15) is 0 Å². The first kappa shape index (κ1) is 37.5. The van der Waals surface area contributed by atoms with Crippen LogP contribution in [0.5, 0.6) is 0 Å². The highest BCUT2D eigenvalue weighted by atomic mass is 79.9. The van der Waals surface area contributed by atoms with Crippen LogP contribution in [0.4, 0.5) is 0 Å². The molecule has 6 rings (SSSR count). The number of halogens is 1. The molecule has 2 saturated heterocycles. The lowest BCUT2D eigenvalue weighted by molar-refractivity contribution is -0.131. The first-order valence-corrected chi connectivity index (χ1v) is 19.5. The van der Waals surface area contributed by atoms with Crippen LogP contribution in [0.15, 0.2) is 102 Å². The van der Waals surface area contributed by atoms with Gasteiger partial charge in [0.05, 0.1) is 19.1 Å². The predicted octanol–water partition coefficient (Wildman–Crippen LogP) is 8.70. The average molecular weight is 765 g/mol. The summed E-state index contributed by atoms with van der Waals surface area (Å²) in [5.41, 5.74) is 5.98. The number of piperidine rings is 2. The van der Waals surface area contributed by atoms with Crippen LogP contribution in [0.2, 0.25) is 0 Å². The molecule has 0 atom stereocenters. The Morgan fingerprint density at radius 1 is 0.750 bits per heavy atom. The number of carbonyl (C=O) groups excluding carboxylic acids is 3. The highest BCUT2D eigenvalue weighted by molar-refractivity contribution is 9.10. The number of nitrogens with zero attached hydrogens (tertiary/aromatic N) is 2. The molecule has 2 heterocycles. The van der Waals surface area contributed by atoms with E-state index in [-0.39, 0.29) is 18.2 Å². The van der Waals surface area contributed by atoms with Gasteiger partial charge < -0.3 is 19.9 Å². The molecule has 52 heavy (non-hydrogen) atoms. The Kier molecular flexibility index (Phi) is 13.3. The maximum Gasteiger partial charge on any atom is 0.337 e. The number of nitrogens with one attached hydrogen (secondary N) is 1. The van der Waals surface area contributed by atoms with Crippen molar-refractivity contribution in [3.8, 4) is 11.1 Å². The molecule has 0 radical (unpaired) electrons. The summed E-state index contributed by atoms with van der Waals surface area (Å²) in [6.45, 7) is 4.77. The zero-order chi connectivity index (χ0) is 36.3. The van der Waals surface area contributed by atoms with Crippen molar-refractivity contribution in [2.24, 2.45) is 11.8 Å². The predicted molar refractivity (Wildman–Crippen MR) is 210 cm³/mol. The Morgan fingerprint density at radius 3 is 2.12 bits per heavy atom. The van der Waals surface area contributed by atoms with Crippen LogP contribution in [-0.4, -0.2) is 60.9 Å². The number of carbonyl (C=O) groups is 3. The number of amides is 2. The quantitative estimate of drug-likeness (QED) is 0.138. The minimum Gasteiger partial charge on any atom is -0.465 e. The molecule has 0 bridgehead atoms. The van der Waals surface area contributed by atoms with Gasteiger partial charge >= 0.3 is 5.97 Å². The van der Waals surface area contributed by atoms with Crippen LogP contribution in [0, 0.1) is 11.8 Å². The van der Waals surface area contributed by atoms with Gasteiger partial charge in [0.25, 0.3) is 5.91 Å².